The van der Waals surface area contributed by atoms with Crippen molar-refractivity contribution in [1.29, 1.82) is 0 Å². The van der Waals surface area contributed by atoms with Crippen molar-refractivity contribution >= 4 is 17.5 Å². The molecule has 132 valence electrons. The molecule has 1 aromatic heterocycles. The molecule has 3 rings (SSSR count). The fourth-order valence-corrected chi connectivity index (χ4v) is 2.29. The molecule has 0 saturated heterocycles. The molecule has 0 aliphatic carbocycles. The average Bonchev–Trinajstić information content (AvgIpc) is 2.68. The summed E-state index contributed by atoms with van der Waals surface area (Å²) in [4.78, 5) is 16.2. The number of nitrogens with zero attached hydrogens (tertiary/aromatic N) is 1. The normalized spacial score (nSPS) is 10.0. The maximum Gasteiger partial charge on any atom is 0.324 e. The second kappa shape index (κ2) is 8.53. The van der Waals surface area contributed by atoms with Crippen molar-refractivity contribution in [2.75, 3.05) is 17.7 Å². The van der Waals surface area contributed by atoms with E-state index in [2.05, 4.69) is 15.6 Å². The van der Waals surface area contributed by atoms with Crippen LogP contribution in [0.15, 0.2) is 72.9 Å². The summed E-state index contributed by atoms with van der Waals surface area (Å²) in [5, 5.41) is 5.45. The fourth-order valence-electron chi connectivity index (χ4n) is 2.29. The molecule has 6 nitrogen and oxygen atoms in total. The molecular formula is C20H19N3O3. The molecule has 1 heterocycles. The van der Waals surface area contributed by atoms with Gasteiger partial charge in [0.1, 0.15) is 23.9 Å². The van der Waals surface area contributed by atoms with Gasteiger partial charge >= 0.3 is 6.03 Å². The van der Waals surface area contributed by atoms with Crippen molar-refractivity contribution in [3.05, 3.63) is 78.5 Å². The number of para-hydroxylation sites is 2. The third-order valence-corrected chi connectivity index (χ3v) is 3.60. The Labute approximate surface area is 151 Å². The van der Waals surface area contributed by atoms with Gasteiger partial charge in [-0.1, -0.05) is 30.3 Å². The molecule has 26 heavy (non-hydrogen) atoms. The molecule has 0 saturated carbocycles. The van der Waals surface area contributed by atoms with Crippen LogP contribution in [0.5, 0.6) is 11.5 Å². The number of methoxy groups -OCH3 is 1. The maximum atomic E-state index is 12.1. The lowest BCUT2D eigenvalue weighted by molar-refractivity contribution is 0.261. The van der Waals surface area contributed by atoms with Gasteiger partial charge in [-0.05, 0) is 42.0 Å². The Bertz CT molecular complexity index is 852. The molecule has 2 amide bonds. The molecule has 0 spiro atoms. The highest BCUT2D eigenvalue weighted by Gasteiger charge is 2.08. The second-order valence-electron chi connectivity index (χ2n) is 5.43. The zero-order valence-electron chi connectivity index (χ0n) is 14.3. The molecule has 2 aromatic carbocycles. The smallest absolute Gasteiger partial charge is 0.324 e. The number of rotatable bonds is 6. The first-order valence-electron chi connectivity index (χ1n) is 8.08. The van der Waals surface area contributed by atoms with E-state index in [1.807, 2.05) is 36.4 Å². The lowest BCUT2D eigenvalue weighted by Gasteiger charge is -2.13. The van der Waals surface area contributed by atoms with Crippen LogP contribution in [-0.2, 0) is 6.61 Å². The fraction of sp³-hybridized carbons (Fsp3) is 0.100. The molecule has 0 aliphatic heterocycles. The van der Waals surface area contributed by atoms with E-state index >= 15 is 0 Å². The number of anilines is 2. The monoisotopic (exact) mass is 349 g/mol. The van der Waals surface area contributed by atoms with Crippen LogP contribution < -0.4 is 20.1 Å². The van der Waals surface area contributed by atoms with Crippen molar-refractivity contribution in [1.82, 2.24) is 4.98 Å². The summed E-state index contributed by atoms with van der Waals surface area (Å²) in [5.74, 6) is 1.85. The lowest BCUT2D eigenvalue weighted by atomic mass is 10.2. The van der Waals surface area contributed by atoms with Gasteiger partial charge in [0.25, 0.3) is 0 Å². The van der Waals surface area contributed by atoms with E-state index in [9.17, 15) is 4.79 Å². The minimum Gasteiger partial charge on any atom is -0.497 e. The van der Waals surface area contributed by atoms with Gasteiger partial charge in [-0.3, -0.25) is 5.32 Å². The molecule has 0 unspecified atom stereocenters. The quantitative estimate of drug-likeness (QED) is 0.695. The van der Waals surface area contributed by atoms with Gasteiger partial charge < -0.3 is 14.8 Å². The molecule has 2 N–H and O–H groups in total. The number of benzene rings is 2. The minimum absolute atomic E-state index is 0.380. The molecule has 0 radical (unpaired) electrons. The zero-order chi connectivity index (χ0) is 18.2. The van der Waals surface area contributed by atoms with E-state index in [1.54, 1.807) is 43.6 Å². The van der Waals surface area contributed by atoms with Crippen molar-refractivity contribution in [2.45, 2.75) is 6.61 Å². The summed E-state index contributed by atoms with van der Waals surface area (Å²) >= 11 is 0. The number of amides is 2. The Morgan fingerprint density at radius 1 is 0.962 bits per heavy atom. The Morgan fingerprint density at radius 2 is 1.73 bits per heavy atom. The van der Waals surface area contributed by atoms with Gasteiger partial charge in [-0.15, -0.1) is 0 Å². The van der Waals surface area contributed by atoms with Gasteiger partial charge in [0.2, 0.25) is 0 Å². The van der Waals surface area contributed by atoms with Gasteiger partial charge in [0.15, 0.2) is 0 Å². The van der Waals surface area contributed by atoms with Crippen molar-refractivity contribution in [2.24, 2.45) is 0 Å². The lowest BCUT2D eigenvalue weighted by Crippen LogP contribution is -2.20. The summed E-state index contributed by atoms with van der Waals surface area (Å²) in [5.41, 5.74) is 1.58. The number of aromatic nitrogens is 1. The van der Waals surface area contributed by atoms with Crippen LogP contribution in [0.25, 0.3) is 0 Å². The minimum atomic E-state index is -0.385. The number of urea groups is 1. The number of ether oxygens (including phenoxy) is 2. The van der Waals surface area contributed by atoms with Crippen LogP contribution in [0.4, 0.5) is 16.3 Å². The summed E-state index contributed by atoms with van der Waals surface area (Å²) in [6, 6.07) is 19.8. The van der Waals surface area contributed by atoms with Crippen LogP contribution >= 0.6 is 0 Å². The van der Waals surface area contributed by atoms with Crippen LogP contribution in [-0.4, -0.2) is 18.1 Å². The Hall–Kier alpha value is -3.54. The Kier molecular flexibility index (Phi) is 5.67. The Balaban J connectivity index is 1.62. The average molecular weight is 349 g/mol. The number of nitrogens with one attached hydrogen (secondary N) is 2. The third-order valence-electron chi connectivity index (χ3n) is 3.60. The van der Waals surface area contributed by atoms with E-state index in [-0.39, 0.29) is 6.03 Å². The number of hydrogen-bond donors (Lipinski definition) is 2. The number of pyridine rings is 1. The van der Waals surface area contributed by atoms with E-state index in [0.29, 0.717) is 23.9 Å². The van der Waals surface area contributed by atoms with Crippen LogP contribution in [0.2, 0.25) is 0 Å². The van der Waals surface area contributed by atoms with E-state index in [0.717, 1.165) is 11.3 Å². The van der Waals surface area contributed by atoms with E-state index in [4.69, 9.17) is 9.47 Å². The first kappa shape index (κ1) is 17.3. The Morgan fingerprint density at radius 3 is 2.46 bits per heavy atom. The second-order valence-corrected chi connectivity index (χ2v) is 5.43. The summed E-state index contributed by atoms with van der Waals surface area (Å²) in [6.45, 7) is 0.380. The van der Waals surface area contributed by atoms with Crippen molar-refractivity contribution < 1.29 is 14.3 Å². The summed E-state index contributed by atoms with van der Waals surface area (Å²) in [7, 11) is 1.63. The summed E-state index contributed by atoms with van der Waals surface area (Å²) in [6.07, 6.45) is 1.61. The zero-order valence-corrected chi connectivity index (χ0v) is 14.3. The summed E-state index contributed by atoms with van der Waals surface area (Å²) < 4.78 is 11.0. The van der Waals surface area contributed by atoms with E-state index in [1.165, 1.54) is 0 Å². The predicted octanol–water partition coefficient (Wildman–Crippen LogP) is 4.31. The van der Waals surface area contributed by atoms with Gasteiger partial charge in [0, 0.05) is 6.20 Å². The molecule has 3 aromatic rings. The van der Waals surface area contributed by atoms with E-state index < -0.39 is 0 Å². The predicted molar refractivity (Wildman–Crippen MR) is 101 cm³/mol. The molecule has 0 bridgehead atoms. The molecular weight excluding hydrogens is 330 g/mol. The van der Waals surface area contributed by atoms with Gasteiger partial charge in [-0.2, -0.15) is 0 Å². The molecule has 0 aliphatic rings. The third kappa shape index (κ3) is 4.73. The highest BCUT2D eigenvalue weighted by atomic mass is 16.5. The number of carbonyl (C=O) groups excluding carboxylic acids is 1. The number of hydrogen-bond acceptors (Lipinski definition) is 4. The first-order valence-corrected chi connectivity index (χ1v) is 8.08. The molecule has 0 fully saturated rings. The highest BCUT2D eigenvalue weighted by molar-refractivity contribution is 6.00. The molecule has 0 atom stereocenters. The molecule has 6 heteroatoms. The van der Waals surface area contributed by atoms with Gasteiger partial charge in [-0.25, -0.2) is 9.78 Å². The first-order chi connectivity index (χ1) is 12.7. The van der Waals surface area contributed by atoms with Crippen molar-refractivity contribution in [3.8, 4) is 11.5 Å². The van der Waals surface area contributed by atoms with Crippen LogP contribution in [0.1, 0.15) is 5.56 Å². The van der Waals surface area contributed by atoms with Crippen molar-refractivity contribution in [3.63, 3.8) is 0 Å². The topological polar surface area (TPSA) is 72.5 Å². The highest BCUT2D eigenvalue weighted by Crippen LogP contribution is 2.25. The standard InChI is InChI=1S/C20H19N3O3/c1-25-16-11-9-15(10-12-16)14-26-18-7-3-2-6-17(18)22-20(24)23-19-8-4-5-13-21-19/h2-13H,14H2,1H3,(H2,21,22,23,24). The largest absolute Gasteiger partial charge is 0.497 e. The van der Waals surface area contributed by atoms with Crippen LogP contribution in [0.3, 0.4) is 0 Å². The van der Waals surface area contributed by atoms with Gasteiger partial charge in [0.05, 0.1) is 12.8 Å². The number of carbonyl (C=O) groups is 1. The SMILES string of the molecule is COc1ccc(COc2ccccc2NC(=O)Nc2ccccn2)cc1. The van der Waals surface area contributed by atoms with Crippen LogP contribution in [0, 0.1) is 0 Å². The maximum absolute atomic E-state index is 12.1.